The normalized spacial score (nSPS) is 21.8. The van der Waals surface area contributed by atoms with E-state index in [0.29, 0.717) is 6.42 Å². The first-order chi connectivity index (χ1) is 10.4. The largest absolute Gasteiger partial charge is 0.336 e. The van der Waals surface area contributed by atoms with Crippen LogP contribution in [-0.4, -0.2) is 42.8 Å². The summed E-state index contributed by atoms with van der Waals surface area (Å²) < 4.78 is 24.2. The topological polar surface area (TPSA) is 67.3 Å². The minimum absolute atomic E-state index is 0.0251. The van der Waals surface area contributed by atoms with Crippen LogP contribution in [0.5, 0.6) is 0 Å². The van der Waals surface area contributed by atoms with Gasteiger partial charge in [-0.05, 0) is 25.5 Å². The first-order valence-electron chi connectivity index (χ1n) is 7.20. The number of thiazole rings is 1. The summed E-state index contributed by atoms with van der Waals surface area (Å²) >= 11 is 1.57. The summed E-state index contributed by atoms with van der Waals surface area (Å²) in [5, 5.41) is 0.873. The first-order valence-corrected chi connectivity index (χ1v) is 9.84. The zero-order chi connectivity index (χ0) is 15.9. The number of hydrogen-bond acceptors (Lipinski definition) is 5. The monoisotopic (exact) mass is 338 g/mol. The quantitative estimate of drug-likeness (QED) is 0.861. The minimum Gasteiger partial charge on any atom is -0.336 e. The van der Waals surface area contributed by atoms with Crippen LogP contribution in [0.2, 0.25) is 0 Å². The molecule has 0 bridgehead atoms. The summed E-state index contributed by atoms with van der Waals surface area (Å²) in [6.45, 7) is 1.93. The van der Waals surface area contributed by atoms with Crippen molar-refractivity contribution in [3.05, 3.63) is 29.3 Å². The summed E-state index contributed by atoms with van der Waals surface area (Å²) in [5.41, 5.74) is 0.929. The summed E-state index contributed by atoms with van der Waals surface area (Å²) in [5.74, 6) is -0.421. The predicted octanol–water partition coefficient (Wildman–Crippen LogP) is 2.25. The maximum absolute atomic E-state index is 12.5. The number of aromatic nitrogens is 1. The van der Waals surface area contributed by atoms with E-state index >= 15 is 0 Å². The molecule has 118 valence electrons. The third-order valence-electron chi connectivity index (χ3n) is 4.18. The van der Waals surface area contributed by atoms with E-state index < -0.39 is 15.8 Å². The Morgan fingerprint density at radius 2 is 2.14 bits per heavy atom. The van der Waals surface area contributed by atoms with Gasteiger partial charge in [-0.2, -0.15) is 0 Å². The molecule has 2 heterocycles. The van der Waals surface area contributed by atoms with Crippen LogP contribution in [0, 0.1) is 5.92 Å². The molecule has 0 aliphatic carbocycles. The van der Waals surface area contributed by atoms with Gasteiger partial charge in [0.05, 0.1) is 33.7 Å². The lowest BCUT2D eigenvalue weighted by Crippen LogP contribution is -2.35. The van der Waals surface area contributed by atoms with Crippen LogP contribution in [0.25, 0.3) is 10.2 Å². The van der Waals surface area contributed by atoms with E-state index in [9.17, 15) is 13.2 Å². The summed E-state index contributed by atoms with van der Waals surface area (Å²) in [4.78, 5) is 18.7. The Bertz CT molecular complexity index is 780. The Balaban J connectivity index is 1.79. The van der Waals surface area contributed by atoms with Crippen molar-refractivity contribution < 1.29 is 13.2 Å². The molecular weight excluding hydrogens is 320 g/mol. The lowest BCUT2D eigenvalue weighted by molar-refractivity contribution is -0.135. The van der Waals surface area contributed by atoms with Crippen LogP contribution in [0.3, 0.4) is 0 Å². The van der Waals surface area contributed by atoms with Gasteiger partial charge in [0, 0.05) is 7.05 Å². The second kappa shape index (κ2) is 5.62. The molecule has 1 aromatic carbocycles. The zero-order valence-electron chi connectivity index (χ0n) is 12.5. The van der Waals surface area contributed by atoms with Crippen molar-refractivity contribution in [3.63, 3.8) is 0 Å². The van der Waals surface area contributed by atoms with Gasteiger partial charge in [-0.25, -0.2) is 13.4 Å². The Hall–Kier alpha value is -1.47. The Labute approximate surface area is 133 Å². The maximum atomic E-state index is 12.5. The van der Waals surface area contributed by atoms with Crippen LogP contribution in [0.4, 0.5) is 0 Å². The smallest absolute Gasteiger partial charge is 0.227 e. The van der Waals surface area contributed by atoms with Crippen molar-refractivity contribution in [1.29, 1.82) is 0 Å². The number of hydrogen-bond donors (Lipinski definition) is 0. The molecule has 0 saturated carbocycles. The number of fused-ring (bicyclic) bond motifs is 1. The molecule has 0 unspecified atom stereocenters. The van der Waals surface area contributed by atoms with E-state index in [2.05, 4.69) is 4.98 Å². The molecule has 5 nitrogen and oxygen atoms in total. The number of para-hydroxylation sites is 1. The fraction of sp³-hybridized carbons (Fsp3) is 0.467. The van der Waals surface area contributed by atoms with Gasteiger partial charge in [0.25, 0.3) is 0 Å². The molecule has 1 aromatic heterocycles. The SMILES string of the molecule is C[C@H](c1nc2ccccc2s1)N(C)C(=O)[C@@H]1CCS(=O)(=O)C1. The molecule has 0 N–H and O–H groups in total. The maximum Gasteiger partial charge on any atom is 0.227 e. The Morgan fingerprint density at radius 1 is 1.41 bits per heavy atom. The van der Waals surface area contributed by atoms with E-state index in [4.69, 9.17) is 0 Å². The Kier molecular flexibility index (Phi) is 3.94. The predicted molar refractivity (Wildman–Crippen MR) is 87.6 cm³/mol. The molecule has 1 fully saturated rings. The number of sulfone groups is 1. The van der Waals surface area contributed by atoms with Crippen molar-refractivity contribution in [2.24, 2.45) is 5.92 Å². The number of benzene rings is 1. The highest BCUT2D eigenvalue weighted by Gasteiger charge is 2.36. The third-order valence-corrected chi connectivity index (χ3v) is 7.15. The lowest BCUT2D eigenvalue weighted by atomic mass is 10.1. The van der Waals surface area contributed by atoms with E-state index in [1.165, 1.54) is 0 Å². The fourth-order valence-electron chi connectivity index (χ4n) is 2.70. The molecule has 0 radical (unpaired) electrons. The summed E-state index contributed by atoms with van der Waals surface area (Å²) in [6, 6.07) is 7.71. The molecule has 0 spiro atoms. The zero-order valence-corrected chi connectivity index (χ0v) is 14.2. The van der Waals surface area contributed by atoms with Crippen LogP contribution in [0.1, 0.15) is 24.4 Å². The van der Waals surface area contributed by atoms with Gasteiger partial charge in [0.2, 0.25) is 5.91 Å². The Morgan fingerprint density at radius 3 is 2.77 bits per heavy atom. The van der Waals surface area contributed by atoms with Crippen molar-refractivity contribution in [2.75, 3.05) is 18.6 Å². The molecule has 7 heteroatoms. The van der Waals surface area contributed by atoms with Gasteiger partial charge in [-0.1, -0.05) is 12.1 Å². The number of carbonyl (C=O) groups excluding carboxylic acids is 1. The molecular formula is C15H18N2O3S2. The van der Waals surface area contributed by atoms with Crippen LogP contribution < -0.4 is 0 Å². The summed E-state index contributed by atoms with van der Waals surface area (Å²) in [6.07, 6.45) is 0.429. The van der Waals surface area contributed by atoms with Gasteiger partial charge >= 0.3 is 0 Å². The molecule has 1 saturated heterocycles. The summed E-state index contributed by atoms with van der Waals surface area (Å²) in [7, 11) is -1.32. The van der Waals surface area contributed by atoms with Crippen molar-refractivity contribution in [1.82, 2.24) is 9.88 Å². The van der Waals surface area contributed by atoms with Crippen LogP contribution >= 0.6 is 11.3 Å². The van der Waals surface area contributed by atoms with Gasteiger partial charge in [0.15, 0.2) is 9.84 Å². The third kappa shape index (κ3) is 2.87. The second-order valence-electron chi connectivity index (χ2n) is 5.74. The highest BCUT2D eigenvalue weighted by Crippen LogP contribution is 2.30. The fourth-order valence-corrected chi connectivity index (χ4v) is 5.50. The van der Waals surface area contributed by atoms with E-state index in [1.54, 1.807) is 23.3 Å². The van der Waals surface area contributed by atoms with Gasteiger partial charge < -0.3 is 4.90 Å². The van der Waals surface area contributed by atoms with Crippen molar-refractivity contribution >= 4 is 37.3 Å². The van der Waals surface area contributed by atoms with E-state index in [0.717, 1.165) is 15.2 Å². The van der Waals surface area contributed by atoms with Crippen LogP contribution in [0.15, 0.2) is 24.3 Å². The van der Waals surface area contributed by atoms with Crippen molar-refractivity contribution in [3.8, 4) is 0 Å². The molecule has 2 aromatic rings. The van der Waals surface area contributed by atoms with Crippen LogP contribution in [-0.2, 0) is 14.6 Å². The second-order valence-corrected chi connectivity index (χ2v) is 9.04. The van der Waals surface area contributed by atoms with Gasteiger partial charge in [-0.3, -0.25) is 4.79 Å². The average Bonchev–Trinajstić information content (AvgIpc) is 3.07. The van der Waals surface area contributed by atoms with Gasteiger partial charge in [0.1, 0.15) is 5.01 Å². The van der Waals surface area contributed by atoms with E-state index in [1.807, 2.05) is 31.2 Å². The van der Waals surface area contributed by atoms with E-state index in [-0.39, 0.29) is 23.5 Å². The molecule has 1 aliphatic rings. The molecule has 3 rings (SSSR count). The number of nitrogens with zero attached hydrogens (tertiary/aromatic N) is 2. The number of rotatable bonds is 3. The van der Waals surface area contributed by atoms with Crippen molar-refractivity contribution in [2.45, 2.75) is 19.4 Å². The highest BCUT2D eigenvalue weighted by molar-refractivity contribution is 7.91. The number of amides is 1. The molecule has 1 aliphatic heterocycles. The molecule has 22 heavy (non-hydrogen) atoms. The highest BCUT2D eigenvalue weighted by atomic mass is 32.2. The minimum atomic E-state index is -3.05. The van der Waals surface area contributed by atoms with Gasteiger partial charge in [-0.15, -0.1) is 11.3 Å². The molecule has 1 amide bonds. The first kappa shape index (κ1) is 15.4. The standard InChI is InChI=1S/C15H18N2O3S2/c1-10(14-16-12-5-3-4-6-13(12)21-14)17(2)15(18)11-7-8-22(19,20)9-11/h3-6,10-11H,7-9H2,1-2H3/t10-,11-/m1/s1. The average molecular weight is 338 g/mol. The number of carbonyl (C=O) groups is 1. The lowest BCUT2D eigenvalue weighted by Gasteiger charge is -2.25. The molecule has 2 atom stereocenters.